The first kappa shape index (κ1) is 22.2. The van der Waals surface area contributed by atoms with Crippen molar-refractivity contribution in [2.75, 3.05) is 11.4 Å². The van der Waals surface area contributed by atoms with Crippen LogP contribution in [-0.2, 0) is 0 Å². The highest BCUT2D eigenvalue weighted by Crippen LogP contribution is 2.42. The predicted octanol–water partition coefficient (Wildman–Crippen LogP) is 7.52. The van der Waals surface area contributed by atoms with Crippen LogP contribution >= 0.6 is 23.2 Å². The summed E-state index contributed by atoms with van der Waals surface area (Å²) in [5.74, 6) is 2.23. The van der Waals surface area contributed by atoms with Crippen molar-refractivity contribution < 1.29 is 0 Å². The molecule has 0 aliphatic heterocycles. The van der Waals surface area contributed by atoms with Gasteiger partial charge in [0.15, 0.2) is 0 Å². The van der Waals surface area contributed by atoms with E-state index >= 15 is 0 Å². The monoisotopic (exact) mass is 456 g/mol. The first-order valence-corrected chi connectivity index (χ1v) is 12.0. The Kier molecular flexibility index (Phi) is 6.88. The van der Waals surface area contributed by atoms with E-state index in [0.29, 0.717) is 16.0 Å². The molecule has 0 unspecified atom stereocenters. The van der Waals surface area contributed by atoms with E-state index in [4.69, 9.17) is 33.3 Å². The molecule has 0 saturated heterocycles. The SMILES string of the molecule is CCC[C@@H](c1ccc(C)cc1)N(CCC)c1nc(C2CC2)n(-c2ccc(Cl)cc2Cl)n1. The fraction of sp³-hybridized carbons (Fsp3) is 0.440. The van der Waals surface area contributed by atoms with Gasteiger partial charge in [-0.2, -0.15) is 4.98 Å². The average Bonchev–Trinajstić information content (AvgIpc) is 3.51. The van der Waals surface area contributed by atoms with Crippen molar-refractivity contribution >= 4 is 29.2 Å². The number of hydrogen-bond donors (Lipinski definition) is 0. The van der Waals surface area contributed by atoms with Gasteiger partial charge < -0.3 is 4.90 Å². The summed E-state index contributed by atoms with van der Waals surface area (Å²) >= 11 is 12.7. The highest BCUT2D eigenvalue weighted by Gasteiger charge is 2.33. The fourth-order valence-electron chi connectivity index (χ4n) is 4.07. The molecule has 6 heteroatoms. The quantitative estimate of drug-likeness (QED) is 0.333. The van der Waals surface area contributed by atoms with Crippen molar-refractivity contribution in [1.29, 1.82) is 0 Å². The molecule has 1 aliphatic rings. The summed E-state index contributed by atoms with van der Waals surface area (Å²) in [7, 11) is 0. The van der Waals surface area contributed by atoms with Crippen molar-refractivity contribution in [2.24, 2.45) is 0 Å². The first-order chi connectivity index (χ1) is 15.0. The molecule has 1 heterocycles. The molecular formula is C25H30Cl2N4. The number of halogens is 2. The molecule has 1 saturated carbocycles. The van der Waals surface area contributed by atoms with Gasteiger partial charge in [-0.15, -0.1) is 5.10 Å². The minimum atomic E-state index is 0.245. The van der Waals surface area contributed by atoms with Crippen LogP contribution in [0.1, 0.15) is 74.9 Å². The van der Waals surface area contributed by atoms with Gasteiger partial charge in [-0.25, -0.2) is 4.68 Å². The van der Waals surface area contributed by atoms with Gasteiger partial charge >= 0.3 is 0 Å². The lowest BCUT2D eigenvalue weighted by Crippen LogP contribution is -2.30. The minimum absolute atomic E-state index is 0.245. The Morgan fingerprint density at radius 2 is 1.81 bits per heavy atom. The normalized spacial score (nSPS) is 14.6. The third kappa shape index (κ3) is 4.91. The summed E-state index contributed by atoms with van der Waals surface area (Å²) in [6, 6.07) is 14.7. The van der Waals surface area contributed by atoms with Gasteiger partial charge in [0.2, 0.25) is 5.95 Å². The summed E-state index contributed by atoms with van der Waals surface area (Å²) < 4.78 is 1.94. The molecule has 1 fully saturated rings. The summed E-state index contributed by atoms with van der Waals surface area (Å²) in [6.45, 7) is 7.48. The Bertz CT molecular complexity index is 1020. The standard InChI is InChI=1S/C25H30Cl2N4/c1-4-6-22(18-9-7-17(3)8-10-18)30(15-5-2)25-28-24(19-11-12-19)31(29-25)23-14-13-20(26)16-21(23)27/h7-10,13-14,16,19,22H,4-6,11-12,15H2,1-3H3/t22-/m0/s1. The average molecular weight is 457 g/mol. The lowest BCUT2D eigenvalue weighted by molar-refractivity contribution is 0.551. The summed E-state index contributed by atoms with van der Waals surface area (Å²) in [5, 5.41) is 6.22. The lowest BCUT2D eigenvalue weighted by Gasteiger charge is -2.31. The van der Waals surface area contributed by atoms with Gasteiger partial charge in [0.25, 0.3) is 0 Å². The summed E-state index contributed by atoms with van der Waals surface area (Å²) in [6.07, 6.45) is 5.47. The fourth-order valence-corrected chi connectivity index (χ4v) is 4.56. The van der Waals surface area contributed by atoms with Crippen LogP contribution in [0.3, 0.4) is 0 Å². The molecule has 4 nitrogen and oxygen atoms in total. The second-order valence-corrected chi connectivity index (χ2v) is 9.30. The number of anilines is 1. The Morgan fingerprint density at radius 3 is 2.42 bits per heavy atom. The van der Waals surface area contributed by atoms with Crippen molar-refractivity contribution in [3.8, 4) is 5.69 Å². The molecule has 2 aromatic carbocycles. The largest absolute Gasteiger partial charge is 0.332 e. The Balaban J connectivity index is 1.78. The summed E-state index contributed by atoms with van der Waals surface area (Å²) in [5.41, 5.74) is 3.43. The molecule has 31 heavy (non-hydrogen) atoms. The van der Waals surface area contributed by atoms with E-state index in [9.17, 15) is 0 Å². The van der Waals surface area contributed by atoms with Crippen LogP contribution in [0, 0.1) is 6.92 Å². The van der Waals surface area contributed by atoms with E-state index in [0.717, 1.165) is 56.1 Å². The number of aromatic nitrogens is 3. The van der Waals surface area contributed by atoms with Crippen molar-refractivity contribution in [2.45, 2.75) is 64.8 Å². The zero-order valence-electron chi connectivity index (χ0n) is 18.5. The maximum absolute atomic E-state index is 6.55. The van der Waals surface area contributed by atoms with Crippen LogP contribution < -0.4 is 4.90 Å². The Morgan fingerprint density at radius 1 is 1.06 bits per heavy atom. The smallest absolute Gasteiger partial charge is 0.245 e. The molecule has 1 aliphatic carbocycles. The van der Waals surface area contributed by atoms with E-state index in [1.165, 1.54) is 11.1 Å². The zero-order valence-corrected chi connectivity index (χ0v) is 20.0. The van der Waals surface area contributed by atoms with Crippen molar-refractivity contribution in [1.82, 2.24) is 14.8 Å². The highest BCUT2D eigenvalue weighted by molar-refractivity contribution is 6.35. The number of benzene rings is 2. The molecule has 0 N–H and O–H groups in total. The maximum Gasteiger partial charge on any atom is 0.245 e. The topological polar surface area (TPSA) is 34.0 Å². The number of aryl methyl sites for hydroxylation is 1. The van der Waals surface area contributed by atoms with Gasteiger partial charge in [0.05, 0.1) is 16.8 Å². The predicted molar refractivity (Wildman–Crippen MR) is 130 cm³/mol. The molecule has 3 aromatic rings. The third-order valence-corrected chi connectivity index (χ3v) is 6.36. The molecule has 0 bridgehead atoms. The van der Waals surface area contributed by atoms with Crippen LogP contribution in [0.25, 0.3) is 5.69 Å². The molecule has 0 amide bonds. The Hall–Kier alpha value is -2.04. The zero-order chi connectivity index (χ0) is 22.0. The molecule has 0 radical (unpaired) electrons. The van der Waals surface area contributed by atoms with E-state index in [1.807, 2.05) is 16.8 Å². The molecule has 1 aromatic heterocycles. The van der Waals surface area contributed by atoms with Crippen LogP contribution in [0.2, 0.25) is 10.0 Å². The molecule has 4 rings (SSSR count). The van der Waals surface area contributed by atoms with Gasteiger partial charge in [0, 0.05) is 17.5 Å². The van der Waals surface area contributed by atoms with Crippen LogP contribution in [-0.4, -0.2) is 21.3 Å². The van der Waals surface area contributed by atoms with E-state index in [1.54, 1.807) is 6.07 Å². The van der Waals surface area contributed by atoms with Gasteiger partial charge in [0.1, 0.15) is 5.82 Å². The molecule has 0 spiro atoms. The lowest BCUT2D eigenvalue weighted by atomic mass is 9.99. The van der Waals surface area contributed by atoms with E-state index < -0.39 is 0 Å². The van der Waals surface area contributed by atoms with E-state index in [-0.39, 0.29) is 6.04 Å². The second kappa shape index (κ2) is 9.62. The van der Waals surface area contributed by atoms with Crippen molar-refractivity contribution in [3.63, 3.8) is 0 Å². The number of rotatable bonds is 9. The van der Waals surface area contributed by atoms with Crippen LogP contribution in [0.4, 0.5) is 5.95 Å². The van der Waals surface area contributed by atoms with Gasteiger partial charge in [-0.3, -0.25) is 0 Å². The highest BCUT2D eigenvalue weighted by atomic mass is 35.5. The van der Waals surface area contributed by atoms with Crippen LogP contribution in [0.5, 0.6) is 0 Å². The molecular weight excluding hydrogens is 427 g/mol. The number of nitrogens with zero attached hydrogens (tertiary/aromatic N) is 4. The molecule has 1 atom stereocenters. The molecule has 164 valence electrons. The minimum Gasteiger partial charge on any atom is -0.332 e. The first-order valence-electron chi connectivity index (χ1n) is 11.3. The van der Waals surface area contributed by atoms with Crippen molar-refractivity contribution in [3.05, 3.63) is 69.5 Å². The van der Waals surface area contributed by atoms with E-state index in [2.05, 4.69) is 49.9 Å². The maximum atomic E-state index is 6.55. The van der Waals surface area contributed by atoms with Gasteiger partial charge in [-0.05, 0) is 56.4 Å². The Labute approximate surface area is 195 Å². The summed E-state index contributed by atoms with van der Waals surface area (Å²) in [4.78, 5) is 7.44. The van der Waals surface area contributed by atoms with Crippen LogP contribution in [0.15, 0.2) is 42.5 Å². The third-order valence-electron chi connectivity index (χ3n) is 5.82. The second-order valence-electron chi connectivity index (χ2n) is 8.46. The number of hydrogen-bond acceptors (Lipinski definition) is 3. The van der Waals surface area contributed by atoms with Gasteiger partial charge in [-0.1, -0.05) is 73.3 Å².